The molecular formula is C29H21F4N7O2S. The maximum Gasteiger partial charge on any atom is 0.280 e. The summed E-state index contributed by atoms with van der Waals surface area (Å²) in [7, 11) is 1.35. The number of carbonyl (C=O) groups is 1. The fourth-order valence-corrected chi connectivity index (χ4v) is 5.03. The van der Waals surface area contributed by atoms with E-state index in [1.165, 1.54) is 25.6 Å². The largest absolute Gasteiger partial charge is 0.494 e. The maximum absolute atomic E-state index is 13.6. The van der Waals surface area contributed by atoms with Gasteiger partial charge in [0, 0.05) is 28.8 Å². The van der Waals surface area contributed by atoms with Gasteiger partial charge in [-0.1, -0.05) is 23.3 Å². The lowest BCUT2D eigenvalue weighted by molar-refractivity contribution is 0.102. The first kappa shape index (κ1) is 28.2. The highest BCUT2D eigenvalue weighted by Crippen LogP contribution is 2.37. The summed E-state index contributed by atoms with van der Waals surface area (Å²) in [5.41, 5.74) is 1.66. The first-order valence-corrected chi connectivity index (χ1v) is 13.8. The fraction of sp³-hybridized carbons (Fsp3) is 0.241. The van der Waals surface area contributed by atoms with Crippen molar-refractivity contribution < 1.29 is 27.1 Å². The number of amides is 1. The summed E-state index contributed by atoms with van der Waals surface area (Å²) in [4.78, 5) is 31.0. The Hall–Kier alpha value is -4.90. The van der Waals surface area contributed by atoms with Crippen LogP contribution in [0.4, 0.5) is 22.7 Å². The topological polar surface area (TPSA) is 108 Å². The van der Waals surface area contributed by atoms with Crippen LogP contribution in [0.2, 0.25) is 0 Å². The second-order valence-corrected chi connectivity index (χ2v) is 10.6. The van der Waals surface area contributed by atoms with E-state index < -0.39 is 31.0 Å². The minimum atomic E-state index is -2.88. The summed E-state index contributed by atoms with van der Waals surface area (Å²) < 4.78 is 59.5. The van der Waals surface area contributed by atoms with Gasteiger partial charge in [-0.3, -0.25) is 19.8 Å². The van der Waals surface area contributed by atoms with E-state index in [4.69, 9.17) is 4.74 Å². The number of nitrogens with zero attached hydrogens (tertiary/aromatic N) is 6. The molecule has 0 aliphatic heterocycles. The molecule has 5 aromatic rings. The molecule has 0 saturated heterocycles. The van der Waals surface area contributed by atoms with E-state index in [2.05, 4.69) is 42.2 Å². The molecule has 43 heavy (non-hydrogen) atoms. The van der Waals surface area contributed by atoms with E-state index in [9.17, 15) is 22.4 Å². The van der Waals surface area contributed by atoms with E-state index in [1.54, 1.807) is 18.2 Å². The van der Waals surface area contributed by atoms with Crippen LogP contribution in [-0.4, -0.2) is 49.2 Å². The maximum atomic E-state index is 13.6. The van der Waals surface area contributed by atoms with Crippen molar-refractivity contribution >= 4 is 32.9 Å². The number of thiazole rings is 1. The predicted molar refractivity (Wildman–Crippen MR) is 151 cm³/mol. The first-order chi connectivity index (χ1) is 20.8. The Balaban J connectivity index is 1.38. The zero-order valence-corrected chi connectivity index (χ0v) is 23.2. The Labute approximate surface area is 246 Å². The lowest BCUT2D eigenvalue weighted by Gasteiger charge is -2.15. The Kier molecular flexibility index (Phi) is 7.73. The van der Waals surface area contributed by atoms with Gasteiger partial charge in [-0.05, 0) is 48.6 Å². The highest BCUT2D eigenvalue weighted by atomic mass is 32.1. The van der Waals surface area contributed by atoms with Crippen molar-refractivity contribution in [2.75, 3.05) is 12.4 Å². The van der Waals surface area contributed by atoms with Crippen molar-refractivity contribution in [3.63, 3.8) is 0 Å². The Morgan fingerprint density at radius 2 is 1.95 bits per heavy atom. The Bertz CT molecular complexity index is 1890. The summed E-state index contributed by atoms with van der Waals surface area (Å²) in [5.74, 6) is 6.09. The van der Waals surface area contributed by atoms with E-state index in [0.29, 0.717) is 33.3 Å². The smallest absolute Gasteiger partial charge is 0.280 e. The molecule has 0 bridgehead atoms. The van der Waals surface area contributed by atoms with Crippen molar-refractivity contribution in [3.8, 4) is 40.0 Å². The molecule has 0 atom stereocenters. The number of methoxy groups -OCH3 is 1. The van der Waals surface area contributed by atoms with E-state index >= 15 is 0 Å². The van der Waals surface area contributed by atoms with Crippen LogP contribution in [0.25, 0.3) is 32.9 Å². The SMILES string of the molecule is COc1cnc(C(F)F)cc1-c1cc(-c2ccn(CC(F)F)n2)ccc1C(=O)Nc1nc2ncc(C#CC3CC3)nc2s1. The van der Waals surface area contributed by atoms with Gasteiger partial charge in [0.15, 0.2) is 15.6 Å². The van der Waals surface area contributed by atoms with Crippen molar-refractivity contribution in [1.29, 1.82) is 0 Å². The van der Waals surface area contributed by atoms with E-state index in [-0.39, 0.29) is 27.6 Å². The monoisotopic (exact) mass is 607 g/mol. The summed E-state index contributed by atoms with van der Waals surface area (Å²) in [6.07, 6.45) is 0.769. The van der Waals surface area contributed by atoms with Gasteiger partial charge in [-0.15, -0.1) is 0 Å². The highest BCUT2D eigenvalue weighted by molar-refractivity contribution is 7.21. The Morgan fingerprint density at radius 3 is 2.70 bits per heavy atom. The third kappa shape index (κ3) is 6.31. The van der Waals surface area contributed by atoms with Crippen LogP contribution in [0.3, 0.4) is 0 Å². The number of carbonyl (C=O) groups excluding carboxylic acids is 1. The summed E-state index contributed by atoms with van der Waals surface area (Å²) in [5, 5.41) is 7.15. The Morgan fingerprint density at radius 1 is 1.12 bits per heavy atom. The van der Waals surface area contributed by atoms with Crippen molar-refractivity contribution in [1.82, 2.24) is 29.7 Å². The summed E-state index contributed by atoms with van der Waals surface area (Å²) in [6, 6.07) is 7.32. The molecule has 1 aromatic carbocycles. The van der Waals surface area contributed by atoms with Crippen LogP contribution in [0.1, 0.15) is 41.0 Å². The molecule has 1 aliphatic carbocycles. The third-order valence-electron chi connectivity index (χ3n) is 6.47. The highest BCUT2D eigenvalue weighted by Gasteiger charge is 2.22. The second kappa shape index (κ2) is 11.8. The molecule has 0 unspecified atom stereocenters. The number of aromatic nitrogens is 6. The number of fused-ring (bicyclic) bond motifs is 1. The number of anilines is 1. The molecule has 0 spiro atoms. The molecule has 1 fully saturated rings. The average Bonchev–Trinajstić information content (AvgIpc) is 3.57. The van der Waals surface area contributed by atoms with Gasteiger partial charge >= 0.3 is 0 Å². The minimum Gasteiger partial charge on any atom is -0.494 e. The number of pyridine rings is 1. The zero-order chi connectivity index (χ0) is 30.1. The number of hydrogen-bond donors (Lipinski definition) is 1. The second-order valence-electron chi connectivity index (χ2n) is 9.59. The van der Waals surface area contributed by atoms with E-state index in [0.717, 1.165) is 41.1 Å². The number of benzene rings is 1. The third-order valence-corrected chi connectivity index (χ3v) is 7.33. The predicted octanol–water partition coefficient (Wildman–Crippen LogP) is 6.24. The number of ether oxygens (including phenoxy) is 1. The number of halogens is 4. The van der Waals surface area contributed by atoms with Crippen molar-refractivity contribution in [2.45, 2.75) is 32.2 Å². The van der Waals surface area contributed by atoms with Crippen LogP contribution >= 0.6 is 11.3 Å². The number of rotatable bonds is 8. The molecule has 0 radical (unpaired) electrons. The molecule has 9 nitrogen and oxygen atoms in total. The molecule has 1 amide bonds. The molecule has 4 aromatic heterocycles. The lowest BCUT2D eigenvalue weighted by Crippen LogP contribution is -2.13. The molecule has 1 aliphatic rings. The normalized spacial score (nSPS) is 12.9. The van der Waals surface area contributed by atoms with E-state index in [1.807, 2.05) is 0 Å². The lowest BCUT2D eigenvalue weighted by atomic mass is 9.95. The summed E-state index contributed by atoms with van der Waals surface area (Å²) >= 11 is 1.12. The average molecular weight is 608 g/mol. The molecule has 4 heterocycles. The van der Waals surface area contributed by atoms with Gasteiger partial charge in [0.1, 0.15) is 23.7 Å². The van der Waals surface area contributed by atoms with Crippen LogP contribution in [-0.2, 0) is 6.54 Å². The van der Waals surface area contributed by atoms with Gasteiger partial charge in [0.05, 0.1) is 25.2 Å². The molecule has 6 rings (SSSR count). The number of nitrogens with one attached hydrogen (secondary N) is 1. The van der Waals surface area contributed by atoms with Gasteiger partial charge in [0.2, 0.25) is 0 Å². The quantitative estimate of drug-likeness (QED) is 0.164. The standard InChI is InChI=1S/C29H21F4N7O2S/c1-42-23-13-34-22(25(32)33)11-20(23)19-10-16(21-8-9-40(39-21)14-24(30)31)5-7-18(19)27(41)38-29-37-26-28(43-29)36-17(12-35-26)6-4-15-2-3-15/h5,7-13,15,24-25H,2-3,14H2,1H3,(H,35,37,38,41). The number of hydrogen-bond acceptors (Lipinski definition) is 8. The van der Waals surface area contributed by atoms with Gasteiger partial charge in [0.25, 0.3) is 18.8 Å². The van der Waals surface area contributed by atoms with Gasteiger partial charge in [-0.25, -0.2) is 27.5 Å². The van der Waals surface area contributed by atoms with Crippen LogP contribution in [0.5, 0.6) is 5.75 Å². The molecule has 218 valence electrons. The van der Waals surface area contributed by atoms with Crippen molar-refractivity contribution in [2.24, 2.45) is 5.92 Å². The molecule has 14 heteroatoms. The van der Waals surface area contributed by atoms with Crippen molar-refractivity contribution in [3.05, 3.63) is 65.9 Å². The number of alkyl halides is 4. The van der Waals surface area contributed by atoms with Gasteiger partial charge in [-0.2, -0.15) is 10.1 Å². The first-order valence-electron chi connectivity index (χ1n) is 13.0. The zero-order valence-electron chi connectivity index (χ0n) is 22.4. The summed E-state index contributed by atoms with van der Waals surface area (Å²) in [6.45, 7) is -0.594. The molecule has 1 N–H and O–H groups in total. The fourth-order valence-electron chi connectivity index (χ4n) is 4.24. The minimum absolute atomic E-state index is 0.108. The van der Waals surface area contributed by atoms with Crippen LogP contribution in [0, 0.1) is 17.8 Å². The molecule has 1 saturated carbocycles. The van der Waals surface area contributed by atoms with Crippen LogP contribution < -0.4 is 10.1 Å². The van der Waals surface area contributed by atoms with Gasteiger partial charge < -0.3 is 4.74 Å². The molecular weight excluding hydrogens is 586 g/mol. The van der Waals surface area contributed by atoms with Crippen LogP contribution in [0.15, 0.2) is 48.9 Å².